The lowest BCUT2D eigenvalue weighted by atomic mass is 10.2. The summed E-state index contributed by atoms with van der Waals surface area (Å²) in [5.41, 5.74) is 2.21. The van der Waals surface area contributed by atoms with E-state index in [0.717, 1.165) is 22.9 Å². The van der Waals surface area contributed by atoms with Crippen molar-refractivity contribution in [1.82, 2.24) is 20.1 Å². The molecule has 0 aromatic carbocycles. The fourth-order valence-electron chi connectivity index (χ4n) is 1.82. The number of rotatable bonds is 4. The third kappa shape index (κ3) is 2.25. The van der Waals surface area contributed by atoms with Gasteiger partial charge in [-0.1, -0.05) is 0 Å². The molecule has 0 saturated heterocycles. The Labute approximate surface area is 106 Å². The molecule has 2 aromatic rings. The number of aryl methyl sites for hydroxylation is 2. The first-order valence-electron chi connectivity index (χ1n) is 5.84. The quantitative estimate of drug-likeness (QED) is 0.907. The van der Waals surface area contributed by atoms with E-state index in [4.69, 9.17) is 0 Å². The van der Waals surface area contributed by atoms with Crippen LogP contribution in [0.25, 0.3) is 10.7 Å². The molecule has 0 bridgehead atoms. The lowest BCUT2D eigenvalue weighted by Gasteiger charge is -2.07. The first-order chi connectivity index (χ1) is 8.17. The minimum Gasteiger partial charge on any atom is -0.312 e. The number of nitrogens with zero attached hydrogens (tertiary/aromatic N) is 3. The number of hydrogen-bond acceptors (Lipinski definition) is 4. The normalized spacial score (nSPS) is 12.9. The zero-order chi connectivity index (χ0) is 12.4. The second kappa shape index (κ2) is 4.98. The van der Waals surface area contributed by atoms with Gasteiger partial charge in [0.1, 0.15) is 5.01 Å². The summed E-state index contributed by atoms with van der Waals surface area (Å²) in [5.74, 6) is 0. The molecule has 5 heteroatoms. The van der Waals surface area contributed by atoms with Crippen molar-refractivity contribution in [2.24, 2.45) is 0 Å². The average Bonchev–Trinajstić information content (AvgIpc) is 2.93. The van der Waals surface area contributed by atoms with Gasteiger partial charge in [-0.05, 0) is 33.9 Å². The largest absolute Gasteiger partial charge is 0.312 e. The predicted octanol–water partition coefficient (Wildman–Crippen LogP) is 2.62. The SMILES string of the molecule is CCn1nccc1-c1nc(C)c(C(C)NC)s1. The summed E-state index contributed by atoms with van der Waals surface area (Å²) >= 11 is 1.74. The maximum Gasteiger partial charge on any atom is 0.142 e. The van der Waals surface area contributed by atoms with Crippen molar-refractivity contribution in [3.05, 3.63) is 22.8 Å². The van der Waals surface area contributed by atoms with Gasteiger partial charge < -0.3 is 5.32 Å². The summed E-state index contributed by atoms with van der Waals surface area (Å²) in [6, 6.07) is 2.37. The fourth-order valence-corrected chi connectivity index (χ4v) is 2.97. The summed E-state index contributed by atoms with van der Waals surface area (Å²) in [6.07, 6.45) is 1.83. The highest BCUT2D eigenvalue weighted by Crippen LogP contribution is 2.31. The molecule has 4 nitrogen and oxygen atoms in total. The molecule has 0 aliphatic carbocycles. The van der Waals surface area contributed by atoms with Gasteiger partial charge >= 0.3 is 0 Å². The van der Waals surface area contributed by atoms with Crippen molar-refractivity contribution >= 4 is 11.3 Å². The lowest BCUT2D eigenvalue weighted by molar-refractivity contribution is 0.658. The molecule has 0 radical (unpaired) electrons. The van der Waals surface area contributed by atoms with Crippen LogP contribution >= 0.6 is 11.3 Å². The van der Waals surface area contributed by atoms with Crippen LogP contribution in [0.2, 0.25) is 0 Å². The molecular weight excluding hydrogens is 232 g/mol. The maximum absolute atomic E-state index is 4.65. The van der Waals surface area contributed by atoms with Crippen LogP contribution in [0, 0.1) is 6.92 Å². The van der Waals surface area contributed by atoms with Gasteiger partial charge in [-0.3, -0.25) is 4.68 Å². The summed E-state index contributed by atoms with van der Waals surface area (Å²) in [7, 11) is 1.97. The number of nitrogens with one attached hydrogen (secondary N) is 1. The second-order valence-electron chi connectivity index (χ2n) is 4.01. The maximum atomic E-state index is 4.65. The third-order valence-corrected chi connectivity index (χ3v) is 4.26. The molecule has 0 aliphatic rings. The standard InChI is InChI=1S/C12H18N4S/c1-5-16-10(6-7-14-16)12-15-9(3)11(17-12)8(2)13-4/h6-8,13H,5H2,1-4H3. The Bertz CT molecular complexity index is 500. The van der Waals surface area contributed by atoms with Crippen molar-refractivity contribution < 1.29 is 0 Å². The molecule has 1 atom stereocenters. The van der Waals surface area contributed by atoms with Gasteiger partial charge in [-0.25, -0.2) is 4.98 Å². The van der Waals surface area contributed by atoms with Crippen LogP contribution in [0.5, 0.6) is 0 Å². The second-order valence-corrected chi connectivity index (χ2v) is 5.04. The molecule has 2 rings (SSSR count). The Kier molecular flexibility index (Phi) is 3.59. The Balaban J connectivity index is 2.41. The molecule has 1 unspecified atom stereocenters. The minimum atomic E-state index is 0.347. The molecule has 2 aromatic heterocycles. The zero-order valence-corrected chi connectivity index (χ0v) is 11.5. The van der Waals surface area contributed by atoms with Crippen LogP contribution in [-0.2, 0) is 6.54 Å². The smallest absolute Gasteiger partial charge is 0.142 e. The van der Waals surface area contributed by atoms with Gasteiger partial charge in [-0.2, -0.15) is 5.10 Å². The van der Waals surface area contributed by atoms with Gasteiger partial charge in [-0.15, -0.1) is 11.3 Å². The van der Waals surface area contributed by atoms with Crippen LogP contribution < -0.4 is 5.32 Å². The summed E-state index contributed by atoms with van der Waals surface area (Å²) < 4.78 is 1.98. The number of aromatic nitrogens is 3. The van der Waals surface area contributed by atoms with E-state index in [0.29, 0.717) is 6.04 Å². The predicted molar refractivity (Wildman–Crippen MR) is 71.2 cm³/mol. The van der Waals surface area contributed by atoms with Gasteiger partial charge in [0.05, 0.1) is 11.4 Å². The Hall–Kier alpha value is -1.20. The Morgan fingerprint density at radius 2 is 2.29 bits per heavy atom. The van der Waals surface area contributed by atoms with E-state index >= 15 is 0 Å². The first kappa shape index (κ1) is 12.3. The van der Waals surface area contributed by atoms with E-state index in [-0.39, 0.29) is 0 Å². The van der Waals surface area contributed by atoms with Crippen molar-refractivity contribution in [2.45, 2.75) is 33.4 Å². The van der Waals surface area contributed by atoms with Crippen LogP contribution in [0.1, 0.15) is 30.5 Å². The van der Waals surface area contributed by atoms with E-state index < -0.39 is 0 Å². The van der Waals surface area contributed by atoms with Crippen LogP contribution in [0.3, 0.4) is 0 Å². The molecule has 0 saturated carbocycles. The molecule has 0 fully saturated rings. The van der Waals surface area contributed by atoms with Crippen LogP contribution in [-0.4, -0.2) is 21.8 Å². The highest BCUT2D eigenvalue weighted by molar-refractivity contribution is 7.15. The molecule has 0 aliphatic heterocycles. The van der Waals surface area contributed by atoms with E-state index in [1.165, 1.54) is 4.88 Å². The molecule has 2 heterocycles. The molecule has 0 amide bonds. The lowest BCUT2D eigenvalue weighted by Crippen LogP contribution is -2.11. The first-order valence-corrected chi connectivity index (χ1v) is 6.65. The molecule has 1 N–H and O–H groups in total. The van der Waals surface area contributed by atoms with Gasteiger partial charge in [0.25, 0.3) is 0 Å². The molecule has 0 spiro atoms. The highest BCUT2D eigenvalue weighted by atomic mass is 32.1. The number of hydrogen-bond donors (Lipinski definition) is 1. The minimum absolute atomic E-state index is 0.347. The van der Waals surface area contributed by atoms with Crippen molar-refractivity contribution in [2.75, 3.05) is 7.05 Å². The Morgan fingerprint density at radius 3 is 2.94 bits per heavy atom. The van der Waals surface area contributed by atoms with Crippen LogP contribution in [0.4, 0.5) is 0 Å². The van der Waals surface area contributed by atoms with Crippen LogP contribution in [0.15, 0.2) is 12.3 Å². The Morgan fingerprint density at radius 1 is 1.53 bits per heavy atom. The van der Waals surface area contributed by atoms with E-state index in [1.807, 2.05) is 24.0 Å². The number of thiazole rings is 1. The van der Waals surface area contributed by atoms with Crippen molar-refractivity contribution in [3.8, 4) is 10.7 Å². The van der Waals surface area contributed by atoms with Gasteiger partial charge in [0, 0.05) is 23.7 Å². The fraction of sp³-hybridized carbons (Fsp3) is 0.500. The summed E-state index contributed by atoms with van der Waals surface area (Å²) in [6.45, 7) is 7.18. The van der Waals surface area contributed by atoms with Gasteiger partial charge in [0.15, 0.2) is 0 Å². The van der Waals surface area contributed by atoms with E-state index in [2.05, 4.69) is 36.2 Å². The van der Waals surface area contributed by atoms with E-state index in [1.54, 1.807) is 11.3 Å². The summed E-state index contributed by atoms with van der Waals surface area (Å²) in [5, 5.41) is 8.59. The average molecular weight is 250 g/mol. The monoisotopic (exact) mass is 250 g/mol. The molecule has 92 valence electrons. The van der Waals surface area contributed by atoms with Crippen molar-refractivity contribution in [1.29, 1.82) is 0 Å². The van der Waals surface area contributed by atoms with E-state index in [9.17, 15) is 0 Å². The zero-order valence-electron chi connectivity index (χ0n) is 10.7. The third-order valence-electron chi connectivity index (χ3n) is 2.89. The van der Waals surface area contributed by atoms with Crippen molar-refractivity contribution in [3.63, 3.8) is 0 Å². The van der Waals surface area contributed by atoms with Gasteiger partial charge in [0.2, 0.25) is 0 Å². The highest BCUT2D eigenvalue weighted by Gasteiger charge is 2.15. The molecule has 17 heavy (non-hydrogen) atoms. The topological polar surface area (TPSA) is 42.7 Å². The summed E-state index contributed by atoms with van der Waals surface area (Å²) in [4.78, 5) is 5.95. The molecular formula is C12H18N4S.